The summed E-state index contributed by atoms with van der Waals surface area (Å²) in [4.78, 5) is 2.21. The SMILES string of the molecule is [B]CCCCCCNc1ccccc1N(C)C/C=N/N(C)c1ccccc1. The van der Waals surface area contributed by atoms with Crippen LogP contribution < -0.4 is 15.2 Å². The Morgan fingerprint density at radius 3 is 2.41 bits per heavy atom. The smallest absolute Gasteiger partial charge is 0.0653 e. The van der Waals surface area contributed by atoms with Crippen LogP contribution in [-0.2, 0) is 0 Å². The standard InChI is InChI=1S/C22H31BN4/c1-26(19-18-25-27(2)20-12-6-5-7-13-20)22-15-9-8-14-21(22)24-17-11-4-3-10-16-23/h5-9,12-15,18,24H,3-4,10-11,16-17,19H2,1-2H3/b25-18+. The number of rotatable bonds is 12. The molecule has 0 aliphatic heterocycles. The quantitative estimate of drug-likeness (QED) is 0.255. The molecular formula is C22H31BN4. The second-order valence-corrected chi connectivity index (χ2v) is 6.68. The van der Waals surface area contributed by atoms with Crippen molar-refractivity contribution in [3.05, 3.63) is 54.6 Å². The van der Waals surface area contributed by atoms with Crippen molar-refractivity contribution in [1.29, 1.82) is 0 Å². The van der Waals surface area contributed by atoms with Crippen LogP contribution in [0.3, 0.4) is 0 Å². The third-order valence-corrected chi connectivity index (χ3v) is 4.50. The summed E-state index contributed by atoms with van der Waals surface area (Å²) in [6.45, 7) is 1.73. The molecule has 0 saturated carbocycles. The van der Waals surface area contributed by atoms with Gasteiger partial charge in [0.15, 0.2) is 0 Å². The first-order valence-corrected chi connectivity index (χ1v) is 9.77. The molecule has 2 radical (unpaired) electrons. The highest BCUT2D eigenvalue weighted by atomic mass is 15.4. The van der Waals surface area contributed by atoms with E-state index in [-0.39, 0.29) is 0 Å². The third kappa shape index (κ3) is 7.37. The molecule has 4 nitrogen and oxygen atoms in total. The number of para-hydroxylation sites is 3. The molecule has 0 fully saturated rings. The molecule has 5 heteroatoms. The summed E-state index contributed by atoms with van der Waals surface area (Å²) in [5.41, 5.74) is 3.44. The Balaban J connectivity index is 1.84. The predicted molar refractivity (Wildman–Crippen MR) is 121 cm³/mol. The Labute approximate surface area is 165 Å². The first kappa shape index (κ1) is 20.9. The van der Waals surface area contributed by atoms with Gasteiger partial charge in [-0.15, -0.1) is 0 Å². The average Bonchev–Trinajstić information content (AvgIpc) is 2.71. The number of anilines is 3. The highest BCUT2D eigenvalue weighted by Crippen LogP contribution is 2.24. The van der Waals surface area contributed by atoms with Crippen LogP contribution in [0.15, 0.2) is 59.7 Å². The van der Waals surface area contributed by atoms with Gasteiger partial charge in [0.05, 0.1) is 31.5 Å². The minimum atomic E-state index is 0.742. The first-order chi connectivity index (χ1) is 13.2. The fourth-order valence-electron chi connectivity index (χ4n) is 2.89. The maximum Gasteiger partial charge on any atom is 0.0653 e. The Hall–Kier alpha value is -2.43. The lowest BCUT2D eigenvalue weighted by atomic mass is 9.99. The van der Waals surface area contributed by atoms with Crippen molar-refractivity contribution in [2.75, 3.05) is 42.4 Å². The van der Waals surface area contributed by atoms with Crippen LogP contribution in [0.4, 0.5) is 17.1 Å². The van der Waals surface area contributed by atoms with E-state index < -0.39 is 0 Å². The highest BCUT2D eigenvalue weighted by Gasteiger charge is 2.05. The van der Waals surface area contributed by atoms with Gasteiger partial charge in [0.1, 0.15) is 0 Å². The maximum atomic E-state index is 5.54. The predicted octanol–water partition coefficient (Wildman–Crippen LogP) is 4.80. The van der Waals surface area contributed by atoms with Crippen LogP contribution >= 0.6 is 0 Å². The number of hydrazone groups is 1. The monoisotopic (exact) mass is 362 g/mol. The summed E-state index contributed by atoms with van der Waals surface area (Å²) >= 11 is 0. The Bertz CT molecular complexity index is 675. The van der Waals surface area contributed by atoms with Crippen molar-refractivity contribution >= 4 is 31.1 Å². The molecule has 0 amide bonds. The molecule has 27 heavy (non-hydrogen) atoms. The van der Waals surface area contributed by atoms with Gasteiger partial charge >= 0.3 is 0 Å². The fourth-order valence-corrected chi connectivity index (χ4v) is 2.89. The zero-order valence-corrected chi connectivity index (χ0v) is 16.6. The van der Waals surface area contributed by atoms with Crippen molar-refractivity contribution in [1.82, 2.24) is 0 Å². The minimum Gasteiger partial charge on any atom is -0.383 e. The van der Waals surface area contributed by atoms with E-state index in [0.29, 0.717) is 0 Å². The lowest BCUT2D eigenvalue weighted by molar-refractivity contribution is 0.684. The van der Waals surface area contributed by atoms with Crippen molar-refractivity contribution in [3.63, 3.8) is 0 Å². The van der Waals surface area contributed by atoms with Gasteiger partial charge in [0.25, 0.3) is 0 Å². The van der Waals surface area contributed by atoms with Crippen molar-refractivity contribution in [3.8, 4) is 0 Å². The van der Waals surface area contributed by atoms with Gasteiger partial charge in [0.2, 0.25) is 0 Å². The topological polar surface area (TPSA) is 30.9 Å². The summed E-state index contributed by atoms with van der Waals surface area (Å²) in [7, 11) is 9.60. The molecule has 1 N–H and O–H groups in total. The number of nitrogens with one attached hydrogen (secondary N) is 1. The summed E-state index contributed by atoms with van der Waals surface area (Å²) in [5, 5.41) is 9.99. The molecular weight excluding hydrogens is 331 g/mol. The van der Waals surface area contributed by atoms with Gasteiger partial charge in [-0.05, 0) is 30.7 Å². The first-order valence-electron chi connectivity index (χ1n) is 9.77. The van der Waals surface area contributed by atoms with Crippen LogP contribution in [0.1, 0.15) is 25.7 Å². The summed E-state index contributed by atoms with van der Waals surface area (Å²) in [6, 6.07) is 18.6. The van der Waals surface area contributed by atoms with Gasteiger partial charge in [0, 0.05) is 26.9 Å². The number of unbranched alkanes of at least 4 members (excludes halogenated alkanes) is 3. The van der Waals surface area contributed by atoms with Crippen LogP contribution in [0.25, 0.3) is 0 Å². The van der Waals surface area contributed by atoms with E-state index in [1.54, 1.807) is 0 Å². The molecule has 0 spiro atoms. The third-order valence-electron chi connectivity index (χ3n) is 4.50. The minimum absolute atomic E-state index is 0.742. The molecule has 0 bridgehead atoms. The van der Waals surface area contributed by atoms with E-state index in [0.717, 1.165) is 31.5 Å². The van der Waals surface area contributed by atoms with Crippen LogP contribution in [0.5, 0.6) is 0 Å². The molecule has 0 heterocycles. The molecule has 2 aromatic carbocycles. The van der Waals surface area contributed by atoms with Crippen molar-refractivity contribution < 1.29 is 0 Å². The van der Waals surface area contributed by atoms with E-state index in [1.165, 1.54) is 30.6 Å². The molecule has 0 atom stereocenters. The van der Waals surface area contributed by atoms with Gasteiger partial charge < -0.3 is 10.2 Å². The maximum absolute atomic E-state index is 5.54. The van der Waals surface area contributed by atoms with E-state index in [9.17, 15) is 0 Å². The molecule has 0 aromatic heterocycles. The molecule has 2 aromatic rings. The van der Waals surface area contributed by atoms with Gasteiger partial charge in [-0.1, -0.05) is 55.9 Å². The lowest BCUT2D eigenvalue weighted by Crippen LogP contribution is -2.22. The van der Waals surface area contributed by atoms with Crippen LogP contribution in [-0.4, -0.2) is 41.2 Å². The zero-order chi connectivity index (χ0) is 19.3. The van der Waals surface area contributed by atoms with Gasteiger partial charge in [-0.3, -0.25) is 5.01 Å². The summed E-state index contributed by atoms with van der Waals surface area (Å²) < 4.78 is 0. The highest BCUT2D eigenvalue weighted by molar-refractivity contribution is 6.08. The van der Waals surface area contributed by atoms with Gasteiger partial charge in [-0.2, -0.15) is 5.10 Å². The molecule has 0 aliphatic carbocycles. The number of benzene rings is 2. The van der Waals surface area contributed by atoms with Gasteiger partial charge in [-0.25, -0.2) is 0 Å². The Morgan fingerprint density at radius 2 is 1.63 bits per heavy atom. The van der Waals surface area contributed by atoms with E-state index in [4.69, 9.17) is 7.85 Å². The Kier molecular flexibility index (Phi) is 9.32. The van der Waals surface area contributed by atoms with Crippen LogP contribution in [0, 0.1) is 0 Å². The number of hydrogen-bond donors (Lipinski definition) is 1. The van der Waals surface area contributed by atoms with E-state index in [2.05, 4.69) is 46.6 Å². The van der Waals surface area contributed by atoms with E-state index >= 15 is 0 Å². The second kappa shape index (κ2) is 12.1. The largest absolute Gasteiger partial charge is 0.383 e. The Morgan fingerprint density at radius 1 is 0.926 bits per heavy atom. The average molecular weight is 362 g/mol. The molecule has 2 rings (SSSR count). The number of nitrogens with zero attached hydrogens (tertiary/aromatic N) is 3. The summed E-state index contributed by atoms with van der Waals surface area (Å²) in [6.07, 6.45) is 7.46. The molecule has 142 valence electrons. The number of hydrogen-bond acceptors (Lipinski definition) is 4. The fraction of sp³-hybridized carbons (Fsp3) is 0.409. The van der Waals surface area contributed by atoms with Crippen molar-refractivity contribution in [2.24, 2.45) is 5.10 Å². The molecule has 0 aliphatic rings. The normalized spacial score (nSPS) is 10.9. The van der Waals surface area contributed by atoms with Crippen molar-refractivity contribution in [2.45, 2.75) is 32.0 Å². The lowest BCUT2D eigenvalue weighted by Gasteiger charge is -2.22. The second-order valence-electron chi connectivity index (χ2n) is 6.68. The molecule has 0 unspecified atom stereocenters. The molecule has 0 saturated heterocycles. The van der Waals surface area contributed by atoms with Crippen LogP contribution in [0.2, 0.25) is 6.32 Å². The van der Waals surface area contributed by atoms with E-state index in [1.807, 2.05) is 48.6 Å². The summed E-state index contributed by atoms with van der Waals surface area (Å²) in [5.74, 6) is 0. The zero-order valence-electron chi connectivity index (χ0n) is 16.6.